The molecule has 4 rings (SSSR count). The molecular weight excluding hydrogens is 418 g/mol. The molecule has 0 spiro atoms. The molecule has 7 heteroatoms. The zero-order chi connectivity index (χ0) is 17.7. The average Bonchev–Trinajstić information content (AvgIpc) is 3.01. The van der Waals surface area contributed by atoms with E-state index < -0.39 is 0 Å². The van der Waals surface area contributed by atoms with Crippen molar-refractivity contribution < 1.29 is 9.59 Å². The third-order valence-electron chi connectivity index (χ3n) is 4.63. The molecule has 5 nitrogen and oxygen atoms in total. The first-order valence-corrected chi connectivity index (χ1v) is 8.77. The molecule has 0 saturated carbocycles. The number of amides is 2. The summed E-state index contributed by atoms with van der Waals surface area (Å²) in [5.41, 5.74) is 9.76. The largest absolute Gasteiger partial charge is 0.329 e. The van der Waals surface area contributed by atoms with Crippen LogP contribution in [-0.2, 0) is 9.59 Å². The fraction of sp³-hybridized carbons (Fsp3) is 0.158. The van der Waals surface area contributed by atoms with Crippen LogP contribution in [-0.4, -0.2) is 32.0 Å². The second-order valence-corrected chi connectivity index (χ2v) is 6.95. The van der Waals surface area contributed by atoms with Crippen LogP contribution in [0.2, 0.25) is 0 Å². The van der Waals surface area contributed by atoms with Gasteiger partial charge in [-0.25, -0.2) is 0 Å². The normalized spacial score (nSPS) is 18.1. The van der Waals surface area contributed by atoms with E-state index in [-0.39, 0.29) is 24.2 Å². The molecule has 2 heterocycles. The summed E-state index contributed by atoms with van der Waals surface area (Å²) in [6.45, 7) is 0.768. The summed E-state index contributed by atoms with van der Waals surface area (Å²) in [7, 11) is 1.73. The first kappa shape index (κ1) is 18.6. The van der Waals surface area contributed by atoms with E-state index >= 15 is 0 Å². The SMILES string of the molecule is CN1C(=O)/C(=C2/C(=O)N(CCN)c3ccc(Br)cc32)c2ccccc21.Cl. The minimum atomic E-state index is -0.174. The lowest BCUT2D eigenvalue weighted by Gasteiger charge is -2.15. The van der Waals surface area contributed by atoms with Gasteiger partial charge in [-0.3, -0.25) is 9.59 Å². The van der Waals surface area contributed by atoms with Gasteiger partial charge in [-0.2, -0.15) is 0 Å². The Hall–Kier alpha value is -2.15. The fourth-order valence-corrected chi connectivity index (χ4v) is 3.87. The summed E-state index contributed by atoms with van der Waals surface area (Å²) in [5, 5.41) is 0. The molecule has 0 fully saturated rings. The second-order valence-electron chi connectivity index (χ2n) is 6.04. The molecule has 0 radical (unpaired) electrons. The highest BCUT2D eigenvalue weighted by atomic mass is 79.9. The Morgan fingerprint density at radius 3 is 2.38 bits per heavy atom. The van der Waals surface area contributed by atoms with E-state index in [0.29, 0.717) is 24.2 Å². The average molecular weight is 435 g/mol. The summed E-state index contributed by atoms with van der Waals surface area (Å²) in [6, 6.07) is 13.2. The van der Waals surface area contributed by atoms with Crippen molar-refractivity contribution in [3.63, 3.8) is 0 Å². The van der Waals surface area contributed by atoms with Gasteiger partial charge in [0.15, 0.2) is 0 Å². The number of para-hydroxylation sites is 1. The van der Waals surface area contributed by atoms with Gasteiger partial charge >= 0.3 is 0 Å². The lowest BCUT2D eigenvalue weighted by atomic mass is 9.96. The van der Waals surface area contributed by atoms with Crippen molar-refractivity contribution in [2.24, 2.45) is 5.73 Å². The van der Waals surface area contributed by atoms with E-state index in [1.54, 1.807) is 16.8 Å². The van der Waals surface area contributed by atoms with Crippen LogP contribution >= 0.6 is 28.3 Å². The van der Waals surface area contributed by atoms with Crippen LogP contribution in [0.5, 0.6) is 0 Å². The number of likely N-dealkylation sites (N-methyl/N-ethyl adjacent to an activating group) is 1. The van der Waals surface area contributed by atoms with Gasteiger partial charge in [0.2, 0.25) is 0 Å². The summed E-state index contributed by atoms with van der Waals surface area (Å²) in [6.07, 6.45) is 0. The molecule has 0 aromatic heterocycles. The number of carbonyl (C=O) groups excluding carboxylic acids is 2. The highest BCUT2D eigenvalue weighted by Gasteiger charge is 2.40. The Morgan fingerprint density at radius 2 is 1.65 bits per heavy atom. The maximum absolute atomic E-state index is 13.1. The lowest BCUT2D eigenvalue weighted by Crippen LogP contribution is -2.32. The first-order chi connectivity index (χ1) is 12.0. The molecule has 26 heavy (non-hydrogen) atoms. The minimum Gasteiger partial charge on any atom is -0.329 e. The van der Waals surface area contributed by atoms with Gasteiger partial charge in [-0.1, -0.05) is 34.1 Å². The molecule has 0 aliphatic carbocycles. The van der Waals surface area contributed by atoms with Crippen LogP contribution in [0.4, 0.5) is 11.4 Å². The zero-order valence-corrected chi connectivity index (χ0v) is 16.4. The number of benzene rings is 2. The number of fused-ring (bicyclic) bond motifs is 2. The second kappa shape index (κ2) is 6.87. The third kappa shape index (κ3) is 2.57. The monoisotopic (exact) mass is 433 g/mol. The fourth-order valence-electron chi connectivity index (χ4n) is 3.51. The highest BCUT2D eigenvalue weighted by molar-refractivity contribution is 9.10. The Bertz CT molecular complexity index is 958. The standard InChI is InChI=1S/C19H16BrN3O2.ClH/c1-22-14-5-3-2-4-12(14)16(18(22)24)17-13-10-11(20)6-7-15(13)23(9-8-21)19(17)25;/h2-7,10H,8-9,21H2,1H3;1H/b17-16+;. The van der Waals surface area contributed by atoms with E-state index in [1.807, 2.05) is 42.5 Å². The van der Waals surface area contributed by atoms with Gasteiger partial charge < -0.3 is 15.5 Å². The van der Waals surface area contributed by atoms with Gasteiger partial charge in [0, 0.05) is 35.7 Å². The van der Waals surface area contributed by atoms with Crippen molar-refractivity contribution in [3.8, 4) is 0 Å². The van der Waals surface area contributed by atoms with E-state index in [0.717, 1.165) is 27.0 Å². The molecule has 2 aliphatic heterocycles. The number of hydrogen-bond donors (Lipinski definition) is 1. The molecule has 2 aromatic carbocycles. The predicted octanol–water partition coefficient (Wildman–Crippen LogP) is 3.06. The maximum Gasteiger partial charge on any atom is 0.259 e. The number of nitrogens with two attached hydrogens (primary N) is 1. The van der Waals surface area contributed by atoms with Crippen LogP contribution in [0, 0.1) is 0 Å². The van der Waals surface area contributed by atoms with E-state index in [1.165, 1.54) is 0 Å². The number of hydrogen-bond acceptors (Lipinski definition) is 3. The van der Waals surface area contributed by atoms with Crippen molar-refractivity contribution in [1.82, 2.24) is 0 Å². The molecule has 0 saturated heterocycles. The number of rotatable bonds is 2. The van der Waals surface area contributed by atoms with Crippen molar-refractivity contribution in [1.29, 1.82) is 0 Å². The molecule has 2 aliphatic rings. The minimum absolute atomic E-state index is 0. The van der Waals surface area contributed by atoms with Gasteiger partial charge in [0.1, 0.15) is 0 Å². The van der Waals surface area contributed by atoms with Crippen molar-refractivity contribution in [3.05, 3.63) is 58.1 Å². The number of halogens is 2. The molecule has 2 N–H and O–H groups in total. The van der Waals surface area contributed by atoms with E-state index in [4.69, 9.17) is 5.73 Å². The summed E-state index contributed by atoms with van der Waals surface area (Å²) >= 11 is 3.47. The van der Waals surface area contributed by atoms with Gasteiger partial charge in [-0.15, -0.1) is 12.4 Å². The third-order valence-corrected chi connectivity index (χ3v) is 5.13. The van der Waals surface area contributed by atoms with Crippen LogP contribution in [0.3, 0.4) is 0 Å². The topological polar surface area (TPSA) is 66.6 Å². The Labute approximate surface area is 166 Å². The summed E-state index contributed by atoms with van der Waals surface area (Å²) < 4.78 is 0.860. The molecule has 2 amide bonds. The number of nitrogens with zero attached hydrogens (tertiary/aromatic N) is 2. The van der Waals surface area contributed by atoms with E-state index in [2.05, 4.69) is 15.9 Å². The Kier molecular flexibility index (Phi) is 4.92. The molecular formula is C19H17BrClN3O2. The number of carbonyl (C=O) groups is 2. The molecule has 0 unspecified atom stereocenters. The highest BCUT2D eigenvalue weighted by Crippen LogP contribution is 2.46. The van der Waals surface area contributed by atoms with Crippen LogP contribution < -0.4 is 15.5 Å². The number of anilines is 2. The smallest absolute Gasteiger partial charge is 0.259 e. The van der Waals surface area contributed by atoms with Crippen molar-refractivity contribution >= 4 is 62.7 Å². The Balaban J connectivity index is 0.00000196. The van der Waals surface area contributed by atoms with Crippen molar-refractivity contribution in [2.75, 3.05) is 29.9 Å². The quantitative estimate of drug-likeness (QED) is 0.739. The zero-order valence-electron chi connectivity index (χ0n) is 14.0. The molecule has 2 aromatic rings. The predicted molar refractivity (Wildman–Crippen MR) is 109 cm³/mol. The Morgan fingerprint density at radius 1 is 0.962 bits per heavy atom. The molecule has 0 bridgehead atoms. The summed E-state index contributed by atoms with van der Waals surface area (Å²) in [5.74, 6) is -0.336. The van der Waals surface area contributed by atoms with Gasteiger partial charge in [-0.05, 0) is 24.3 Å². The first-order valence-electron chi connectivity index (χ1n) is 7.98. The van der Waals surface area contributed by atoms with Gasteiger partial charge in [0.25, 0.3) is 11.8 Å². The van der Waals surface area contributed by atoms with Crippen molar-refractivity contribution in [2.45, 2.75) is 0 Å². The maximum atomic E-state index is 13.1. The summed E-state index contributed by atoms with van der Waals surface area (Å²) in [4.78, 5) is 29.3. The molecule has 0 atom stereocenters. The van der Waals surface area contributed by atoms with E-state index in [9.17, 15) is 9.59 Å². The van der Waals surface area contributed by atoms with Crippen LogP contribution in [0.15, 0.2) is 46.9 Å². The van der Waals surface area contributed by atoms with Crippen LogP contribution in [0.25, 0.3) is 11.1 Å². The van der Waals surface area contributed by atoms with Gasteiger partial charge in [0.05, 0.1) is 22.5 Å². The lowest BCUT2D eigenvalue weighted by molar-refractivity contribution is -0.114. The van der Waals surface area contributed by atoms with Crippen LogP contribution in [0.1, 0.15) is 11.1 Å². The molecule has 134 valence electrons.